The summed E-state index contributed by atoms with van der Waals surface area (Å²) in [7, 11) is 8.32. The number of ether oxygens (including phenoxy) is 5. The van der Waals surface area contributed by atoms with Crippen LogP contribution in [-0.2, 0) is 63.3 Å². The fraction of sp³-hybridized carbons (Fsp3) is 0.268. The van der Waals surface area contributed by atoms with Gasteiger partial charge in [0.05, 0.1) is 68.0 Å². The van der Waals surface area contributed by atoms with Crippen LogP contribution in [0, 0.1) is 0 Å². The van der Waals surface area contributed by atoms with Crippen molar-refractivity contribution in [2.45, 2.75) is 39.6 Å². The number of benzene rings is 5. The molecule has 0 saturated heterocycles. The lowest BCUT2D eigenvalue weighted by Gasteiger charge is -2.07. The Morgan fingerprint density at radius 1 is 0.415 bits per heavy atom. The van der Waals surface area contributed by atoms with Crippen LogP contribution in [0.5, 0.6) is 0 Å². The molecule has 0 aliphatic heterocycles. The second kappa shape index (κ2) is 23.1. The standard InChI is InChI=1S/C25H28N4O3.C16H19N3O2/c1-30-16-20-9-5-4-8-19(20)15-26-28-25-13-12-23(14-22(25)18-32-3)27-29-24-11-7-6-10-21(24)17-31-2;1-20-11-13-7-3-5-9-15(13)17-19-18-16-10-6-4-8-14(16)12-21-2/h4-14H,15-18H2,1-3H3;3-10H,11-12H2,1-2H3,(H,17,18). The largest absolute Gasteiger partial charge is 0.380 e. The lowest BCUT2D eigenvalue weighted by Crippen LogP contribution is -1.95. The average molecular weight is 718 g/mol. The highest BCUT2D eigenvalue weighted by molar-refractivity contribution is 5.54. The second-order valence-electron chi connectivity index (χ2n) is 11.6. The first-order valence-electron chi connectivity index (χ1n) is 16.9. The van der Waals surface area contributed by atoms with Crippen molar-refractivity contribution in [1.29, 1.82) is 0 Å². The summed E-state index contributed by atoms with van der Waals surface area (Å²) in [6.07, 6.45) is 0. The van der Waals surface area contributed by atoms with Crippen molar-refractivity contribution in [3.63, 3.8) is 0 Å². The maximum absolute atomic E-state index is 5.35. The molecule has 0 bridgehead atoms. The van der Waals surface area contributed by atoms with Crippen LogP contribution in [0.2, 0.25) is 0 Å². The van der Waals surface area contributed by atoms with Gasteiger partial charge in [0.25, 0.3) is 0 Å². The van der Waals surface area contributed by atoms with Crippen LogP contribution in [0.1, 0.15) is 33.4 Å². The SMILES string of the molecule is COCc1ccccc1CN=Nc1ccc(N=Nc2ccccc2COC)cc1COC.COCc1ccccc1N=NNc1ccccc1COC. The Balaban J connectivity index is 0.000000258. The van der Waals surface area contributed by atoms with E-state index in [1.54, 1.807) is 35.5 Å². The Morgan fingerprint density at radius 3 is 1.53 bits per heavy atom. The Kier molecular flexibility index (Phi) is 17.6. The van der Waals surface area contributed by atoms with Gasteiger partial charge in [0, 0.05) is 57.8 Å². The molecular formula is C41H47N7O5. The van der Waals surface area contributed by atoms with Crippen molar-refractivity contribution in [3.05, 3.63) is 149 Å². The zero-order valence-corrected chi connectivity index (χ0v) is 30.9. The van der Waals surface area contributed by atoms with Crippen LogP contribution in [0.3, 0.4) is 0 Å². The van der Waals surface area contributed by atoms with Crippen molar-refractivity contribution < 1.29 is 23.7 Å². The minimum absolute atomic E-state index is 0.401. The number of methoxy groups -OCH3 is 5. The third-order valence-corrected chi connectivity index (χ3v) is 7.70. The molecule has 0 radical (unpaired) electrons. The van der Waals surface area contributed by atoms with E-state index in [9.17, 15) is 0 Å². The molecule has 5 rings (SSSR count). The topological polar surface area (TPSA) is 132 Å². The molecule has 0 atom stereocenters. The molecule has 276 valence electrons. The van der Waals surface area contributed by atoms with Gasteiger partial charge in [-0.25, -0.2) is 0 Å². The minimum atomic E-state index is 0.401. The van der Waals surface area contributed by atoms with E-state index in [-0.39, 0.29) is 0 Å². The average Bonchev–Trinajstić information content (AvgIpc) is 3.18. The number of hydrogen-bond donors (Lipinski definition) is 1. The first kappa shape index (κ1) is 40.3. The van der Waals surface area contributed by atoms with Crippen LogP contribution in [0.4, 0.5) is 28.4 Å². The van der Waals surface area contributed by atoms with E-state index in [2.05, 4.69) is 36.2 Å². The molecule has 5 aromatic carbocycles. The van der Waals surface area contributed by atoms with Crippen LogP contribution in [0.25, 0.3) is 0 Å². The Labute approximate surface area is 311 Å². The Morgan fingerprint density at radius 2 is 0.887 bits per heavy atom. The van der Waals surface area contributed by atoms with Gasteiger partial charge >= 0.3 is 0 Å². The lowest BCUT2D eigenvalue weighted by molar-refractivity contribution is 0.184. The van der Waals surface area contributed by atoms with E-state index >= 15 is 0 Å². The van der Waals surface area contributed by atoms with Gasteiger partial charge in [0.1, 0.15) is 0 Å². The lowest BCUT2D eigenvalue weighted by atomic mass is 10.1. The Hall–Kier alpha value is -5.50. The van der Waals surface area contributed by atoms with Crippen LogP contribution >= 0.6 is 0 Å². The Bertz CT molecular complexity index is 1930. The van der Waals surface area contributed by atoms with Gasteiger partial charge in [-0.2, -0.15) is 20.5 Å². The van der Waals surface area contributed by atoms with Gasteiger partial charge in [-0.05, 0) is 47.5 Å². The maximum atomic E-state index is 5.35. The summed E-state index contributed by atoms with van der Waals surface area (Å²) < 4.78 is 26.1. The predicted molar refractivity (Wildman–Crippen MR) is 206 cm³/mol. The van der Waals surface area contributed by atoms with Gasteiger partial charge in [0.15, 0.2) is 0 Å². The molecule has 0 fully saturated rings. The number of hydrogen-bond acceptors (Lipinski definition) is 11. The van der Waals surface area contributed by atoms with Crippen molar-refractivity contribution in [2.75, 3.05) is 41.0 Å². The fourth-order valence-corrected chi connectivity index (χ4v) is 5.13. The van der Waals surface area contributed by atoms with Gasteiger partial charge < -0.3 is 23.7 Å². The molecule has 0 aliphatic carbocycles. The zero-order chi connectivity index (χ0) is 37.5. The van der Waals surface area contributed by atoms with Crippen molar-refractivity contribution in [1.82, 2.24) is 0 Å². The molecule has 1 N–H and O–H groups in total. The van der Waals surface area contributed by atoms with Gasteiger partial charge in [0.2, 0.25) is 0 Å². The van der Waals surface area contributed by atoms with Crippen LogP contribution in [0.15, 0.2) is 146 Å². The highest BCUT2D eigenvalue weighted by atomic mass is 16.5. The second-order valence-corrected chi connectivity index (χ2v) is 11.6. The summed E-state index contributed by atoms with van der Waals surface area (Å²) in [5.74, 6) is 0. The third kappa shape index (κ3) is 13.2. The first-order chi connectivity index (χ1) is 26.1. The maximum Gasteiger partial charge on any atom is 0.0929 e. The number of nitrogens with zero attached hydrogens (tertiary/aromatic N) is 6. The summed E-state index contributed by atoms with van der Waals surface area (Å²) in [5, 5.41) is 25.9. The summed E-state index contributed by atoms with van der Waals surface area (Å²) in [6.45, 7) is 2.95. The summed E-state index contributed by atoms with van der Waals surface area (Å²) in [5.41, 5.74) is 13.0. The highest BCUT2D eigenvalue weighted by Gasteiger charge is 2.06. The van der Waals surface area contributed by atoms with Crippen LogP contribution in [-0.4, -0.2) is 35.5 Å². The molecule has 53 heavy (non-hydrogen) atoms. The van der Waals surface area contributed by atoms with Crippen molar-refractivity contribution in [2.24, 2.45) is 30.8 Å². The molecule has 0 aliphatic rings. The van der Waals surface area contributed by atoms with E-state index in [4.69, 9.17) is 23.7 Å². The molecule has 0 aromatic heterocycles. The fourth-order valence-electron chi connectivity index (χ4n) is 5.13. The molecule has 5 aromatic rings. The van der Waals surface area contributed by atoms with Gasteiger partial charge in [-0.1, -0.05) is 84.1 Å². The smallest absolute Gasteiger partial charge is 0.0929 e. The summed E-state index contributed by atoms with van der Waals surface area (Å²) in [6, 6.07) is 37.1. The van der Waals surface area contributed by atoms with E-state index in [1.165, 1.54) is 0 Å². The van der Waals surface area contributed by atoms with Gasteiger partial charge in [-0.15, -0.1) is 5.11 Å². The number of azo groups is 2. The monoisotopic (exact) mass is 717 g/mol. The summed E-state index contributed by atoms with van der Waals surface area (Å²) >= 11 is 0. The van der Waals surface area contributed by atoms with E-state index in [1.807, 2.05) is 115 Å². The molecule has 0 amide bonds. The quantitative estimate of drug-likeness (QED) is 0.0708. The first-order valence-corrected chi connectivity index (χ1v) is 16.9. The van der Waals surface area contributed by atoms with Gasteiger partial charge in [-0.3, -0.25) is 5.43 Å². The predicted octanol–water partition coefficient (Wildman–Crippen LogP) is 10.9. The zero-order valence-electron chi connectivity index (χ0n) is 30.9. The molecular weight excluding hydrogens is 670 g/mol. The molecule has 12 nitrogen and oxygen atoms in total. The molecule has 0 saturated carbocycles. The van der Waals surface area contributed by atoms with Crippen molar-refractivity contribution in [3.8, 4) is 0 Å². The minimum Gasteiger partial charge on any atom is -0.380 e. The van der Waals surface area contributed by atoms with Crippen LogP contribution < -0.4 is 5.43 Å². The van der Waals surface area contributed by atoms with E-state index < -0.39 is 0 Å². The number of para-hydroxylation sites is 1. The van der Waals surface area contributed by atoms with E-state index in [0.717, 1.165) is 56.1 Å². The third-order valence-electron chi connectivity index (χ3n) is 7.70. The summed E-state index contributed by atoms with van der Waals surface area (Å²) in [4.78, 5) is 0. The molecule has 0 heterocycles. The van der Waals surface area contributed by atoms with Crippen molar-refractivity contribution >= 4 is 28.4 Å². The highest BCUT2D eigenvalue weighted by Crippen LogP contribution is 2.29. The molecule has 0 spiro atoms. The molecule has 0 unspecified atom stereocenters. The number of nitrogens with one attached hydrogen (secondary N) is 1. The molecule has 12 heteroatoms. The number of anilines is 1. The normalized spacial score (nSPS) is 11.3. The van der Waals surface area contributed by atoms with E-state index in [0.29, 0.717) is 45.3 Å². The number of rotatable bonds is 18.